The minimum Gasteiger partial charge on any atom is -0.385 e. The summed E-state index contributed by atoms with van der Waals surface area (Å²) in [5.41, 5.74) is 1.99. The van der Waals surface area contributed by atoms with Crippen molar-refractivity contribution in [1.82, 2.24) is 4.98 Å². The summed E-state index contributed by atoms with van der Waals surface area (Å²) in [4.78, 5) is 16.4. The van der Waals surface area contributed by atoms with Gasteiger partial charge in [0.25, 0.3) is 5.91 Å². The maximum atomic E-state index is 12.3. The molecule has 0 radical (unpaired) electrons. The molecule has 0 aliphatic rings. The number of nitrogens with zero attached hydrogens (tertiary/aromatic N) is 1. The van der Waals surface area contributed by atoms with E-state index in [9.17, 15) is 4.79 Å². The summed E-state index contributed by atoms with van der Waals surface area (Å²) < 4.78 is 1.72. The molecule has 0 fully saturated rings. The van der Waals surface area contributed by atoms with Crippen LogP contribution in [0.2, 0.25) is 0 Å². The van der Waals surface area contributed by atoms with E-state index in [0.29, 0.717) is 11.3 Å². The second-order valence-corrected chi connectivity index (χ2v) is 5.80. The fourth-order valence-electron chi connectivity index (χ4n) is 1.70. The van der Waals surface area contributed by atoms with Crippen LogP contribution in [-0.2, 0) is 0 Å². The first-order valence-electron chi connectivity index (χ1n) is 6.06. The largest absolute Gasteiger partial charge is 0.385 e. The fraction of sp³-hybridized carbons (Fsp3) is 0.143. The van der Waals surface area contributed by atoms with E-state index in [1.807, 2.05) is 25.1 Å². The summed E-state index contributed by atoms with van der Waals surface area (Å²) in [6.45, 7) is 2.72. The van der Waals surface area contributed by atoms with Gasteiger partial charge in [0.2, 0.25) is 0 Å². The van der Waals surface area contributed by atoms with Gasteiger partial charge in [0.05, 0.1) is 16.9 Å². The Morgan fingerprint density at radius 1 is 1.25 bits per heavy atom. The predicted molar refractivity (Wildman–Crippen MR) is 88.2 cm³/mol. The van der Waals surface area contributed by atoms with Crippen LogP contribution in [0.25, 0.3) is 0 Å². The number of rotatable bonds is 4. The maximum Gasteiger partial charge on any atom is 0.259 e. The molecular formula is C14H13Br2N3O. The number of benzene rings is 1. The van der Waals surface area contributed by atoms with Gasteiger partial charge in [0.15, 0.2) is 0 Å². The Morgan fingerprint density at radius 3 is 2.80 bits per heavy atom. The molecule has 0 bridgehead atoms. The minimum absolute atomic E-state index is 0.201. The van der Waals surface area contributed by atoms with Crippen LogP contribution in [0.5, 0.6) is 0 Å². The first kappa shape index (κ1) is 15.0. The number of halogens is 2. The Labute approximate surface area is 134 Å². The number of carbonyl (C=O) groups is 1. The molecule has 0 saturated heterocycles. The van der Waals surface area contributed by atoms with Crippen molar-refractivity contribution in [2.75, 3.05) is 17.2 Å². The Morgan fingerprint density at radius 2 is 2.05 bits per heavy atom. The lowest BCUT2D eigenvalue weighted by atomic mass is 10.2. The zero-order valence-corrected chi connectivity index (χ0v) is 14.0. The van der Waals surface area contributed by atoms with Gasteiger partial charge >= 0.3 is 0 Å². The molecule has 0 aliphatic carbocycles. The zero-order chi connectivity index (χ0) is 14.5. The molecule has 0 unspecified atom stereocenters. The highest BCUT2D eigenvalue weighted by atomic mass is 79.9. The van der Waals surface area contributed by atoms with Crippen molar-refractivity contribution in [2.24, 2.45) is 0 Å². The van der Waals surface area contributed by atoms with Crippen molar-refractivity contribution >= 4 is 49.1 Å². The van der Waals surface area contributed by atoms with Crippen LogP contribution in [0, 0.1) is 0 Å². The van der Waals surface area contributed by atoms with E-state index >= 15 is 0 Å². The third kappa shape index (κ3) is 3.58. The quantitative estimate of drug-likeness (QED) is 0.807. The molecule has 20 heavy (non-hydrogen) atoms. The molecule has 6 heteroatoms. The van der Waals surface area contributed by atoms with Crippen molar-refractivity contribution < 1.29 is 4.79 Å². The average molecular weight is 399 g/mol. The number of hydrogen-bond acceptors (Lipinski definition) is 3. The SMILES string of the molecule is CCNc1ccncc1C(=O)Nc1cc(Br)ccc1Br. The first-order chi connectivity index (χ1) is 9.61. The van der Waals surface area contributed by atoms with Crippen molar-refractivity contribution in [3.8, 4) is 0 Å². The highest BCUT2D eigenvalue weighted by molar-refractivity contribution is 9.11. The van der Waals surface area contributed by atoms with E-state index in [-0.39, 0.29) is 5.91 Å². The van der Waals surface area contributed by atoms with Gasteiger partial charge in [-0.05, 0) is 47.1 Å². The van der Waals surface area contributed by atoms with E-state index in [1.165, 1.54) is 0 Å². The van der Waals surface area contributed by atoms with Crippen molar-refractivity contribution in [3.05, 3.63) is 51.2 Å². The van der Waals surface area contributed by atoms with E-state index in [2.05, 4.69) is 47.5 Å². The van der Waals surface area contributed by atoms with Crippen molar-refractivity contribution in [2.45, 2.75) is 6.92 Å². The molecule has 0 saturated carbocycles. The number of hydrogen-bond donors (Lipinski definition) is 2. The molecule has 1 heterocycles. The van der Waals surface area contributed by atoms with Gasteiger partial charge in [0, 0.05) is 27.9 Å². The molecule has 1 aromatic carbocycles. The summed E-state index contributed by atoms with van der Waals surface area (Å²) in [6.07, 6.45) is 3.21. The molecule has 0 spiro atoms. The summed E-state index contributed by atoms with van der Waals surface area (Å²) in [6, 6.07) is 7.39. The molecule has 0 aliphatic heterocycles. The van der Waals surface area contributed by atoms with Crippen molar-refractivity contribution in [1.29, 1.82) is 0 Å². The molecule has 2 N–H and O–H groups in total. The predicted octanol–water partition coefficient (Wildman–Crippen LogP) is 4.29. The summed E-state index contributed by atoms with van der Waals surface area (Å²) in [7, 11) is 0. The van der Waals surface area contributed by atoms with Crippen LogP contribution in [0.1, 0.15) is 17.3 Å². The number of aromatic nitrogens is 1. The van der Waals surface area contributed by atoms with Gasteiger partial charge in [-0.1, -0.05) is 15.9 Å². The molecule has 0 atom stereocenters. The lowest BCUT2D eigenvalue weighted by molar-refractivity contribution is 0.102. The molecule has 4 nitrogen and oxygen atoms in total. The molecule has 1 aromatic heterocycles. The van der Waals surface area contributed by atoms with E-state index in [0.717, 1.165) is 21.2 Å². The first-order valence-corrected chi connectivity index (χ1v) is 7.64. The van der Waals surface area contributed by atoms with Crippen LogP contribution in [0.15, 0.2) is 45.6 Å². The van der Waals surface area contributed by atoms with Crippen LogP contribution < -0.4 is 10.6 Å². The molecule has 104 valence electrons. The molecule has 2 aromatic rings. The second kappa shape index (κ2) is 6.85. The number of pyridine rings is 1. The summed E-state index contributed by atoms with van der Waals surface area (Å²) in [5.74, 6) is -0.201. The van der Waals surface area contributed by atoms with Gasteiger partial charge in [-0.25, -0.2) is 0 Å². The third-order valence-corrected chi connectivity index (χ3v) is 3.79. The fourth-order valence-corrected chi connectivity index (χ4v) is 2.41. The highest BCUT2D eigenvalue weighted by Gasteiger charge is 2.13. The third-order valence-electron chi connectivity index (χ3n) is 2.61. The maximum absolute atomic E-state index is 12.3. The molecule has 1 amide bonds. The molecular weight excluding hydrogens is 386 g/mol. The Hall–Kier alpha value is -1.40. The number of carbonyl (C=O) groups excluding carboxylic acids is 1. The number of anilines is 2. The van der Waals surface area contributed by atoms with E-state index in [4.69, 9.17) is 0 Å². The van der Waals surface area contributed by atoms with Gasteiger partial charge in [-0.3, -0.25) is 9.78 Å². The summed E-state index contributed by atoms with van der Waals surface area (Å²) >= 11 is 6.80. The number of nitrogens with one attached hydrogen (secondary N) is 2. The Balaban J connectivity index is 2.26. The highest BCUT2D eigenvalue weighted by Crippen LogP contribution is 2.27. The van der Waals surface area contributed by atoms with Crippen molar-refractivity contribution in [3.63, 3.8) is 0 Å². The average Bonchev–Trinajstić information content (AvgIpc) is 2.44. The van der Waals surface area contributed by atoms with E-state index in [1.54, 1.807) is 18.5 Å². The number of amides is 1. The van der Waals surface area contributed by atoms with Crippen LogP contribution in [0.4, 0.5) is 11.4 Å². The topological polar surface area (TPSA) is 54.0 Å². The zero-order valence-electron chi connectivity index (χ0n) is 10.8. The van der Waals surface area contributed by atoms with Gasteiger partial charge < -0.3 is 10.6 Å². The smallest absolute Gasteiger partial charge is 0.259 e. The van der Waals surface area contributed by atoms with Crippen LogP contribution in [-0.4, -0.2) is 17.4 Å². The van der Waals surface area contributed by atoms with E-state index < -0.39 is 0 Å². The molecule has 2 rings (SSSR count). The minimum atomic E-state index is -0.201. The van der Waals surface area contributed by atoms with Crippen LogP contribution in [0.3, 0.4) is 0 Å². The van der Waals surface area contributed by atoms with Gasteiger partial charge in [-0.2, -0.15) is 0 Å². The Kier molecular flexibility index (Phi) is 5.14. The lowest BCUT2D eigenvalue weighted by Crippen LogP contribution is -2.15. The standard InChI is InChI=1S/C14H13Br2N3O/c1-2-18-12-5-6-17-8-10(12)14(20)19-13-7-9(15)3-4-11(13)16/h3-8H,2H2,1H3,(H,17,18)(H,19,20). The normalized spacial score (nSPS) is 10.2. The summed E-state index contributed by atoms with van der Waals surface area (Å²) in [5, 5.41) is 6.02. The second-order valence-electron chi connectivity index (χ2n) is 4.03. The van der Waals surface area contributed by atoms with Gasteiger partial charge in [0.1, 0.15) is 0 Å². The van der Waals surface area contributed by atoms with Gasteiger partial charge in [-0.15, -0.1) is 0 Å². The monoisotopic (exact) mass is 397 g/mol. The Bertz CT molecular complexity index is 632. The lowest BCUT2D eigenvalue weighted by Gasteiger charge is -2.11. The van der Waals surface area contributed by atoms with Crippen LogP contribution >= 0.6 is 31.9 Å².